The van der Waals surface area contributed by atoms with Crippen LogP contribution in [0.3, 0.4) is 0 Å². The molecule has 0 radical (unpaired) electrons. The number of imidazole rings is 1. The van der Waals surface area contributed by atoms with Crippen LogP contribution < -0.4 is 5.73 Å². The average molecular weight is 149 g/mol. The van der Waals surface area contributed by atoms with Crippen molar-refractivity contribution in [3.8, 4) is 11.6 Å². The summed E-state index contributed by atoms with van der Waals surface area (Å²) >= 11 is 0. The zero-order chi connectivity index (χ0) is 7.68. The third-order valence-electron chi connectivity index (χ3n) is 1.35. The molecule has 2 aromatic rings. The Labute approximate surface area is 63.1 Å². The Kier molecular flexibility index (Phi) is 1.18. The molecule has 0 spiro atoms. The van der Waals surface area contributed by atoms with Crippen LogP contribution >= 0.6 is 0 Å². The SMILES string of the molecule is Nc1cnc(-c2ccco2)[nH]1. The molecule has 11 heavy (non-hydrogen) atoms. The zero-order valence-corrected chi connectivity index (χ0v) is 5.74. The summed E-state index contributed by atoms with van der Waals surface area (Å²) < 4.78 is 5.08. The minimum atomic E-state index is 0.538. The van der Waals surface area contributed by atoms with Crippen molar-refractivity contribution in [2.45, 2.75) is 0 Å². The molecule has 0 amide bonds. The fourth-order valence-corrected chi connectivity index (χ4v) is 0.874. The van der Waals surface area contributed by atoms with Gasteiger partial charge in [-0.3, -0.25) is 0 Å². The molecule has 3 N–H and O–H groups in total. The van der Waals surface area contributed by atoms with Gasteiger partial charge in [0.15, 0.2) is 11.6 Å². The van der Waals surface area contributed by atoms with Crippen molar-refractivity contribution in [1.82, 2.24) is 9.97 Å². The van der Waals surface area contributed by atoms with E-state index in [1.54, 1.807) is 18.5 Å². The normalized spacial score (nSPS) is 10.2. The molecule has 0 unspecified atom stereocenters. The van der Waals surface area contributed by atoms with Crippen LogP contribution in [-0.2, 0) is 0 Å². The van der Waals surface area contributed by atoms with E-state index in [1.807, 2.05) is 6.07 Å². The molecule has 2 rings (SSSR count). The summed E-state index contributed by atoms with van der Waals surface area (Å²) in [5.74, 6) is 1.89. The van der Waals surface area contributed by atoms with Gasteiger partial charge >= 0.3 is 0 Å². The molecule has 4 heteroatoms. The Balaban J connectivity index is 2.45. The summed E-state index contributed by atoms with van der Waals surface area (Å²) in [5.41, 5.74) is 5.42. The Morgan fingerprint density at radius 1 is 1.55 bits per heavy atom. The van der Waals surface area contributed by atoms with Gasteiger partial charge in [0.05, 0.1) is 12.5 Å². The third kappa shape index (κ3) is 0.980. The van der Waals surface area contributed by atoms with E-state index in [0.29, 0.717) is 17.4 Å². The number of hydrogen-bond donors (Lipinski definition) is 2. The highest BCUT2D eigenvalue weighted by atomic mass is 16.3. The molecule has 0 aliphatic heterocycles. The summed E-state index contributed by atoms with van der Waals surface area (Å²) in [4.78, 5) is 6.84. The molecule has 0 bridgehead atoms. The lowest BCUT2D eigenvalue weighted by atomic mass is 10.4. The van der Waals surface area contributed by atoms with Gasteiger partial charge in [-0.2, -0.15) is 0 Å². The maximum atomic E-state index is 5.42. The van der Waals surface area contributed by atoms with Crippen LogP contribution in [0.2, 0.25) is 0 Å². The second kappa shape index (κ2) is 2.16. The molecule has 0 aliphatic carbocycles. The standard InChI is InChI=1S/C7H7N3O/c8-6-4-9-7(10-6)5-2-1-3-11-5/h1-4H,8H2,(H,9,10). The second-order valence-electron chi connectivity index (χ2n) is 2.16. The molecule has 2 heterocycles. The summed E-state index contributed by atoms with van der Waals surface area (Å²) in [5, 5.41) is 0. The highest BCUT2D eigenvalue weighted by Gasteiger charge is 2.02. The fourth-order valence-electron chi connectivity index (χ4n) is 0.874. The lowest BCUT2D eigenvalue weighted by Crippen LogP contribution is -1.82. The van der Waals surface area contributed by atoms with Crippen LogP contribution in [0.25, 0.3) is 11.6 Å². The first-order chi connectivity index (χ1) is 5.36. The van der Waals surface area contributed by atoms with Crippen LogP contribution in [0, 0.1) is 0 Å². The Morgan fingerprint density at radius 2 is 2.45 bits per heavy atom. The van der Waals surface area contributed by atoms with Gasteiger partial charge < -0.3 is 15.1 Å². The minimum Gasteiger partial charge on any atom is -0.461 e. The molecular weight excluding hydrogens is 142 g/mol. The lowest BCUT2D eigenvalue weighted by molar-refractivity contribution is 0.578. The van der Waals surface area contributed by atoms with E-state index in [0.717, 1.165) is 0 Å². The highest BCUT2D eigenvalue weighted by molar-refractivity contribution is 5.49. The maximum Gasteiger partial charge on any atom is 0.175 e. The number of H-pyrrole nitrogens is 1. The summed E-state index contributed by atoms with van der Waals surface area (Å²) in [6.07, 6.45) is 3.14. The first kappa shape index (κ1) is 6.03. The van der Waals surface area contributed by atoms with Crippen LogP contribution in [0.1, 0.15) is 0 Å². The monoisotopic (exact) mass is 149 g/mol. The summed E-state index contributed by atoms with van der Waals surface area (Å²) in [6, 6.07) is 3.62. The predicted octanol–water partition coefficient (Wildman–Crippen LogP) is 1.25. The number of nitrogens with zero attached hydrogens (tertiary/aromatic N) is 1. The molecular formula is C7H7N3O. The number of aromatic amines is 1. The summed E-state index contributed by atoms with van der Waals surface area (Å²) in [6.45, 7) is 0. The number of nitrogen functional groups attached to an aromatic ring is 1. The minimum absolute atomic E-state index is 0.538. The van der Waals surface area contributed by atoms with E-state index in [-0.39, 0.29) is 0 Å². The first-order valence-electron chi connectivity index (χ1n) is 3.20. The molecule has 56 valence electrons. The van der Waals surface area contributed by atoms with Crippen molar-refractivity contribution in [1.29, 1.82) is 0 Å². The van der Waals surface area contributed by atoms with Gasteiger partial charge in [0.1, 0.15) is 5.82 Å². The van der Waals surface area contributed by atoms with E-state index < -0.39 is 0 Å². The number of hydrogen-bond acceptors (Lipinski definition) is 3. The van der Waals surface area contributed by atoms with Crippen molar-refractivity contribution < 1.29 is 4.42 Å². The molecule has 0 saturated heterocycles. The second-order valence-corrected chi connectivity index (χ2v) is 2.16. The molecule has 0 fully saturated rings. The fraction of sp³-hybridized carbons (Fsp3) is 0. The molecule has 4 nitrogen and oxygen atoms in total. The number of rotatable bonds is 1. The molecule has 2 aromatic heterocycles. The quantitative estimate of drug-likeness (QED) is 0.641. The van der Waals surface area contributed by atoms with Crippen molar-refractivity contribution >= 4 is 5.82 Å². The first-order valence-corrected chi connectivity index (χ1v) is 3.20. The van der Waals surface area contributed by atoms with Gasteiger partial charge in [-0.05, 0) is 12.1 Å². The number of furan rings is 1. The average Bonchev–Trinajstić information content (AvgIpc) is 2.55. The molecule has 0 aromatic carbocycles. The Morgan fingerprint density at radius 3 is 3.00 bits per heavy atom. The summed E-state index contributed by atoms with van der Waals surface area (Å²) in [7, 11) is 0. The van der Waals surface area contributed by atoms with E-state index >= 15 is 0 Å². The predicted molar refractivity (Wildman–Crippen MR) is 40.7 cm³/mol. The van der Waals surface area contributed by atoms with Gasteiger partial charge in [-0.15, -0.1) is 0 Å². The van der Waals surface area contributed by atoms with Gasteiger partial charge in [0.2, 0.25) is 0 Å². The number of anilines is 1. The molecule has 0 atom stereocenters. The van der Waals surface area contributed by atoms with Crippen LogP contribution in [0.15, 0.2) is 29.0 Å². The van der Waals surface area contributed by atoms with Crippen LogP contribution in [0.4, 0.5) is 5.82 Å². The number of aromatic nitrogens is 2. The van der Waals surface area contributed by atoms with Crippen molar-refractivity contribution in [3.63, 3.8) is 0 Å². The number of nitrogens with two attached hydrogens (primary N) is 1. The van der Waals surface area contributed by atoms with E-state index in [1.165, 1.54) is 0 Å². The van der Waals surface area contributed by atoms with E-state index in [4.69, 9.17) is 10.2 Å². The topological polar surface area (TPSA) is 67.8 Å². The largest absolute Gasteiger partial charge is 0.461 e. The van der Waals surface area contributed by atoms with Crippen LogP contribution in [0.5, 0.6) is 0 Å². The van der Waals surface area contributed by atoms with E-state index in [2.05, 4.69) is 9.97 Å². The van der Waals surface area contributed by atoms with Gasteiger partial charge in [0, 0.05) is 0 Å². The van der Waals surface area contributed by atoms with Crippen molar-refractivity contribution in [2.24, 2.45) is 0 Å². The maximum absolute atomic E-state index is 5.42. The highest BCUT2D eigenvalue weighted by Crippen LogP contribution is 2.15. The van der Waals surface area contributed by atoms with E-state index in [9.17, 15) is 0 Å². The van der Waals surface area contributed by atoms with Gasteiger partial charge in [-0.25, -0.2) is 4.98 Å². The Hall–Kier alpha value is -1.71. The van der Waals surface area contributed by atoms with Crippen molar-refractivity contribution in [2.75, 3.05) is 5.73 Å². The van der Waals surface area contributed by atoms with Crippen LogP contribution in [-0.4, -0.2) is 9.97 Å². The smallest absolute Gasteiger partial charge is 0.175 e. The lowest BCUT2D eigenvalue weighted by Gasteiger charge is -1.86. The van der Waals surface area contributed by atoms with Crippen molar-refractivity contribution in [3.05, 3.63) is 24.6 Å². The number of nitrogens with one attached hydrogen (secondary N) is 1. The third-order valence-corrected chi connectivity index (χ3v) is 1.35. The van der Waals surface area contributed by atoms with Gasteiger partial charge in [0.25, 0.3) is 0 Å². The zero-order valence-electron chi connectivity index (χ0n) is 5.74. The molecule has 0 aliphatic rings. The Bertz CT molecular complexity index is 336. The molecule has 0 saturated carbocycles. The van der Waals surface area contributed by atoms with Gasteiger partial charge in [-0.1, -0.05) is 0 Å².